The van der Waals surface area contributed by atoms with Gasteiger partial charge in [0.25, 0.3) is 0 Å². The van der Waals surface area contributed by atoms with Gasteiger partial charge in [0, 0.05) is 5.56 Å². The van der Waals surface area contributed by atoms with Crippen molar-refractivity contribution in [1.29, 1.82) is 0 Å². The van der Waals surface area contributed by atoms with Crippen molar-refractivity contribution in [3.63, 3.8) is 0 Å². The number of amides is 1. The predicted molar refractivity (Wildman–Crippen MR) is 95.1 cm³/mol. The van der Waals surface area contributed by atoms with E-state index in [4.69, 9.17) is 4.74 Å². The van der Waals surface area contributed by atoms with Crippen LogP contribution in [-0.4, -0.2) is 23.7 Å². The first kappa shape index (κ1) is 16.8. The van der Waals surface area contributed by atoms with E-state index >= 15 is 0 Å². The van der Waals surface area contributed by atoms with Crippen molar-refractivity contribution in [2.75, 3.05) is 7.11 Å². The Morgan fingerprint density at radius 2 is 1.96 bits per heavy atom. The summed E-state index contributed by atoms with van der Waals surface area (Å²) >= 11 is 1.32. The highest BCUT2D eigenvalue weighted by atomic mass is 32.2. The van der Waals surface area contributed by atoms with Gasteiger partial charge in [0.1, 0.15) is 5.04 Å². The van der Waals surface area contributed by atoms with Crippen LogP contribution in [0.4, 0.5) is 0 Å². The summed E-state index contributed by atoms with van der Waals surface area (Å²) in [5.41, 5.74) is 2.97. The van der Waals surface area contributed by atoms with E-state index in [-0.39, 0.29) is 5.75 Å². The number of carbonyl (C=O) groups excluding carboxylic acids is 1. The maximum atomic E-state index is 10.8. The van der Waals surface area contributed by atoms with E-state index in [1.165, 1.54) is 30.5 Å². The van der Waals surface area contributed by atoms with Gasteiger partial charge < -0.3 is 9.84 Å². The number of aryl methyl sites for hydroxylation is 1. The minimum Gasteiger partial charge on any atom is -0.504 e. The normalized spacial score (nSPS) is 11.7. The molecule has 2 rings (SSSR count). The molecule has 1 amide bonds. The molecule has 0 atom stereocenters. The topological polar surface area (TPSA) is 58.9 Å². The monoisotopic (exact) mass is 327 g/mol. The molecule has 0 aliphatic heterocycles. The van der Waals surface area contributed by atoms with Crippen LogP contribution < -0.4 is 4.74 Å². The fourth-order valence-corrected chi connectivity index (χ4v) is 2.61. The summed E-state index contributed by atoms with van der Waals surface area (Å²) in [5, 5.41) is 12.0. The van der Waals surface area contributed by atoms with Gasteiger partial charge >= 0.3 is 0 Å². The summed E-state index contributed by atoms with van der Waals surface area (Å²) in [7, 11) is 1.47. The molecule has 0 aromatic heterocycles. The van der Waals surface area contributed by atoms with Gasteiger partial charge in [-0.25, -0.2) is 4.99 Å². The number of phenols is 1. The minimum absolute atomic E-state index is 0.0434. The number of rotatable bonds is 5. The van der Waals surface area contributed by atoms with Crippen LogP contribution in [0.5, 0.6) is 11.5 Å². The molecule has 0 heterocycles. The Morgan fingerprint density at radius 1 is 1.22 bits per heavy atom. The van der Waals surface area contributed by atoms with Crippen molar-refractivity contribution in [3.8, 4) is 11.5 Å². The van der Waals surface area contributed by atoms with Gasteiger partial charge in [-0.1, -0.05) is 41.6 Å². The molecule has 1 N–H and O–H groups in total. The van der Waals surface area contributed by atoms with E-state index < -0.39 is 0 Å². The number of ether oxygens (including phenoxy) is 1. The Labute approximate surface area is 139 Å². The van der Waals surface area contributed by atoms with Crippen molar-refractivity contribution < 1.29 is 14.6 Å². The van der Waals surface area contributed by atoms with Crippen molar-refractivity contribution in [2.45, 2.75) is 6.92 Å². The van der Waals surface area contributed by atoms with Crippen molar-refractivity contribution in [3.05, 3.63) is 64.6 Å². The molecule has 4 nitrogen and oxygen atoms in total. The first-order chi connectivity index (χ1) is 11.1. The van der Waals surface area contributed by atoms with Gasteiger partial charge in [0.15, 0.2) is 11.5 Å². The first-order valence-electron chi connectivity index (χ1n) is 6.92. The van der Waals surface area contributed by atoms with Crippen LogP contribution in [0.25, 0.3) is 6.08 Å². The van der Waals surface area contributed by atoms with E-state index in [0.717, 1.165) is 5.56 Å². The average molecular weight is 327 g/mol. The van der Waals surface area contributed by atoms with Gasteiger partial charge in [-0.05, 0) is 42.2 Å². The summed E-state index contributed by atoms with van der Waals surface area (Å²) < 4.78 is 5.08. The van der Waals surface area contributed by atoms with E-state index in [1.807, 2.05) is 42.7 Å². The van der Waals surface area contributed by atoms with Crippen molar-refractivity contribution in [1.82, 2.24) is 0 Å². The summed E-state index contributed by atoms with van der Waals surface area (Å²) in [4.78, 5) is 14.6. The van der Waals surface area contributed by atoms with Crippen LogP contribution in [0.2, 0.25) is 0 Å². The highest BCUT2D eigenvalue weighted by Gasteiger charge is 2.08. The number of carbonyl (C=O) groups is 1. The largest absolute Gasteiger partial charge is 0.504 e. The number of methoxy groups -OCH3 is 1. The fourth-order valence-electron chi connectivity index (χ4n) is 1.89. The van der Waals surface area contributed by atoms with E-state index in [2.05, 4.69) is 4.99 Å². The van der Waals surface area contributed by atoms with Crippen LogP contribution in [-0.2, 0) is 4.79 Å². The zero-order valence-electron chi connectivity index (χ0n) is 12.9. The lowest BCUT2D eigenvalue weighted by Gasteiger charge is -2.07. The summed E-state index contributed by atoms with van der Waals surface area (Å²) in [6.07, 6.45) is 2.45. The molecular weight excluding hydrogens is 310 g/mol. The van der Waals surface area contributed by atoms with E-state index in [9.17, 15) is 9.90 Å². The van der Waals surface area contributed by atoms with Gasteiger partial charge in [0.2, 0.25) is 6.41 Å². The van der Waals surface area contributed by atoms with Crippen LogP contribution in [0.3, 0.4) is 0 Å². The second-order valence-electron chi connectivity index (χ2n) is 4.76. The van der Waals surface area contributed by atoms with Crippen molar-refractivity contribution in [2.24, 2.45) is 4.99 Å². The second-order valence-corrected chi connectivity index (χ2v) is 5.65. The third-order valence-corrected chi connectivity index (χ3v) is 3.95. The van der Waals surface area contributed by atoms with Crippen LogP contribution in [0, 0.1) is 6.92 Å². The smallest absolute Gasteiger partial charge is 0.233 e. The Balaban J connectivity index is 2.17. The number of hydrogen-bond acceptors (Lipinski definition) is 4. The molecule has 118 valence electrons. The number of hydrogen-bond donors (Lipinski definition) is 1. The van der Waals surface area contributed by atoms with Gasteiger partial charge in [0.05, 0.1) is 7.11 Å². The maximum absolute atomic E-state index is 10.8. The Morgan fingerprint density at radius 3 is 2.61 bits per heavy atom. The molecule has 2 aromatic carbocycles. The SMILES string of the molecule is COc1cc(/C(=N/C=O)S/C=C\c2ccc(C)cc2)ccc1O. The third kappa shape index (κ3) is 4.72. The fraction of sp³-hybridized carbons (Fsp3) is 0.111. The lowest BCUT2D eigenvalue weighted by Crippen LogP contribution is -1.96. The molecule has 2 aromatic rings. The lowest BCUT2D eigenvalue weighted by atomic mass is 10.2. The zero-order chi connectivity index (χ0) is 16.7. The first-order valence-corrected chi connectivity index (χ1v) is 7.80. The number of phenolic OH excluding ortho intramolecular Hbond substituents is 1. The summed E-state index contributed by atoms with van der Waals surface area (Å²) in [5.74, 6) is 0.381. The van der Waals surface area contributed by atoms with Gasteiger partial charge in [-0.3, -0.25) is 4.79 Å². The lowest BCUT2D eigenvalue weighted by molar-refractivity contribution is -0.106. The maximum Gasteiger partial charge on any atom is 0.233 e. The van der Waals surface area contributed by atoms with Crippen LogP contribution in [0.1, 0.15) is 16.7 Å². The molecular formula is C18H17NO3S. The molecule has 0 radical (unpaired) electrons. The second kappa shape index (κ2) is 8.19. The molecule has 0 aliphatic carbocycles. The number of aromatic hydroxyl groups is 1. The van der Waals surface area contributed by atoms with Gasteiger partial charge in [-0.2, -0.15) is 0 Å². The number of benzene rings is 2. The molecule has 0 fully saturated rings. The molecule has 0 spiro atoms. The molecule has 0 unspecified atom stereocenters. The van der Waals surface area contributed by atoms with E-state index in [1.54, 1.807) is 12.1 Å². The standard InChI is InChI=1S/C18H17NO3S/c1-13-3-5-14(6-4-13)9-10-23-18(19-12-20)15-7-8-16(21)17(11-15)22-2/h3-12,21H,1-2H3/b10-9-,19-18-. The number of thioether (sulfide) groups is 1. The number of aliphatic imine (C=N–C) groups is 1. The van der Waals surface area contributed by atoms with Crippen LogP contribution in [0.15, 0.2) is 52.9 Å². The molecule has 5 heteroatoms. The molecule has 0 saturated carbocycles. The quantitative estimate of drug-likeness (QED) is 0.512. The third-order valence-electron chi connectivity index (χ3n) is 3.11. The van der Waals surface area contributed by atoms with Gasteiger partial charge in [-0.15, -0.1) is 0 Å². The van der Waals surface area contributed by atoms with E-state index in [0.29, 0.717) is 22.8 Å². The zero-order valence-corrected chi connectivity index (χ0v) is 13.7. The Kier molecular flexibility index (Phi) is 6.00. The number of nitrogens with zero attached hydrogens (tertiary/aromatic N) is 1. The van der Waals surface area contributed by atoms with Crippen molar-refractivity contribution >= 4 is 29.3 Å². The highest BCUT2D eigenvalue weighted by molar-refractivity contribution is 8.17. The molecule has 0 saturated heterocycles. The Bertz CT molecular complexity index is 736. The minimum atomic E-state index is 0.0434. The predicted octanol–water partition coefficient (Wildman–Crippen LogP) is 4.02. The molecule has 0 aliphatic rings. The molecule has 23 heavy (non-hydrogen) atoms. The average Bonchev–Trinajstić information content (AvgIpc) is 2.56. The summed E-state index contributed by atoms with van der Waals surface area (Å²) in [6.45, 7) is 2.04. The van der Waals surface area contributed by atoms with Crippen LogP contribution >= 0.6 is 11.8 Å². The molecule has 0 bridgehead atoms. The highest BCUT2D eigenvalue weighted by Crippen LogP contribution is 2.28. The summed E-state index contributed by atoms with van der Waals surface area (Å²) in [6, 6.07) is 13.0. The Hall–Kier alpha value is -2.53.